The molecule has 28 heavy (non-hydrogen) atoms. The average molecular weight is 387 g/mol. The van der Waals surface area contributed by atoms with Crippen LogP contribution in [-0.4, -0.2) is 64.4 Å². The molecule has 152 valence electrons. The van der Waals surface area contributed by atoms with Crippen LogP contribution in [0.1, 0.15) is 36.8 Å². The molecule has 1 saturated heterocycles. The standard InChI is InChI=1S/C19H29N7O2/c1-6-20-19(21-9-13(2)18-14(3)23-28-15(18)4)25-7-8-26(17(27)12-25)16-10-22-24(5)11-16/h10-11,13H,6-9,12H2,1-5H3,(H,20,21). The van der Waals surface area contributed by atoms with E-state index in [-0.39, 0.29) is 11.8 Å². The van der Waals surface area contributed by atoms with Crippen LogP contribution in [-0.2, 0) is 11.8 Å². The number of aromatic nitrogens is 3. The number of amides is 1. The van der Waals surface area contributed by atoms with Crippen LogP contribution in [0.15, 0.2) is 21.9 Å². The quantitative estimate of drug-likeness (QED) is 0.617. The predicted octanol–water partition coefficient (Wildman–Crippen LogP) is 1.44. The number of anilines is 1. The average Bonchev–Trinajstić information content (AvgIpc) is 3.23. The van der Waals surface area contributed by atoms with Gasteiger partial charge in [-0.1, -0.05) is 12.1 Å². The van der Waals surface area contributed by atoms with E-state index in [2.05, 4.69) is 22.5 Å². The SMILES string of the molecule is CCNC(=NCC(C)c1c(C)noc1C)N1CCN(c2cnn(C)c2)C(=O)C1. The minimum atomic E-state index is 0.0450. The van der Waals surface area contributed by atoms with Gasteiger partial charge in [0.25, 0.3) is 0 Å². The van der Waals surface area contributed by atoms with Crippen molar-refractivity contribution in [3.8, 4) is 0 Å². The summed E-state index contributed by atoms with van der Waals surface area (Å²) in [5.74, 6) is 1.83. The highest BCUT2D eigenvalue weighted by Crippen LogP contribution is 2.23. The minimum Gasteiger partial charge on any atom is -0.361 e. The second-order valence-corrected chi connectivity index (χ2v) is 7.17. The molecule has 9 nitrogen and oxygen atoms in total. The molecule has 0 bridgehead atoms. The molecule has 2 aromatic heterocycles. The van der Waals surface area contributed by atoms with E-state index in [4.69, 9.17) is 9.52 Å². The van der Waals surface area contributed by atoms with Gasteiger partial charge in [0.15, 0.2) is 5.96 Å². The molecule has 2 aromatic rings. The number of carbonyl (C=O) groups excluding carboxylic acids is 1. The molecule has 1 fully saturated rings. The fourth-order valence-corrected chi connectivity index (χ4v) is 3.61. The van der Waals surface area contributed by atoms with Gasteiger partial charge < -0.3 is 19.6 Å². The zero-order valence-electron chi connectivity index (χ0n) is 17.3. The zero-order chi connectivity index (χ0) is 20.3. The van der Waals surface area contributed by atoms with Crippen LogP contribution in [0.3, 0.4) is 0 Å². The Morgan fingerprint density at radius 3 is 2.75 bits per heavy atom. The normalized spacial score (nSPS) is 16.6. The third kappa shape index (κ3) is 4.18. The highest BCUT2D eigenvalue weighted by molar-refractivity contribution is 5.98. The van der Waals surface area contributed by atoms with Crippen LogP contribution in [0.5, 0.6) is 0 Å². The van der Waals surface area contributed by atoms with Crippen molar-refractivity contribution in [3.05, 3.63) is 29.4 Å². The molecule has 3 heterocycles. The van der Waals surface area contributed by atoms with Crippen LogP contribution < -0.4 is 10.2 Å². The van der Waals surface area contributed by atoms with Crippen molar-refractivity contribution in [3.63, 3.8) is 0 Å². The van der Waals surface area contributed by atoms with Crippen molar-refractivity contribution >= 4 is 17.6 Å². The third-order valence-corrected chi connectivity index (χ3v) is 4.95. The monoisotopic (exact) mass is 387 g/mol. The summed E-state index contributed by atoms with van der Waals surface area (Å²) >= 11 is 0. The first-order valence-electron chi connectivity index (χ1n) is 9.65. The minimum absolute atomic E-state index is 0.0450. The van der Waals surface area contributed by atoms with Crippen molar-refractivity contribution < 1.29 is 9.32 Å². The zero-order valence-corrected chi connectivity index (χ0v) is 17.3. The van der Waals surface area contributed by atoms with Crippen molar-refractivity contribution in [2.45, 2.75) is 33.6 Å². The van der Waals surface area contributed by atoms with E-state index in [1.54, 1.807) is 15.8 Å². The van der Waals surface area contributed by atoms with Gasteiger partial charge in [-0.2, -0.15) is 5.10 Å². The molecule has 0 aromatic carbocycles. The Balaban J connectivity index is 1.68. The highest BCUT2D eigenvalue weighted by Gasteiger charge is 2.28. The van der Waals surface area contributed by atoms with E-state index in [1.807, 2.05) is 38.9 Å². The van der Waals surface area contributed by atoms with Gasteiger partial charge in [-0.05, 0) is 20.8 Å². The lowest BCUT2D eigenvalue weighted by Gasteiger charge is -2.35. The summed E-state index contributed by atoms with van der Waals surface area (Å²) in [6, 6.07) is 0. The van der Waals surface area contributed by atoms with E-state index in [0.717, 1.165) is 35.2 Å². The summed E-state index contributed by atoms with van der Waals surface area (Å²) in [5.41, 5.74) is 2.85. The summed E-state index contributed by atoms with van der Waals surface area (Å²) in [6.45, 7) is 11.0. The summed E-state index contributed by atoms with van der Waals surface area (Å²) in [5, 5.41) is 11.5. The maximum absolute atomic E-state index is 12.7. The summed E-state index contributed by atoms with van der Waals surface area (Å²) < 4.78 is 6.98. The molecule has 0 saturated carbocycles. The Kier molecular flexibility index (Phi) is 6.01. The molecule has 0 aliphatic carbocycles. The number of hydrogen-bond donors (Lipinski definition) is 1. The topological polar surface area (TPSA) is 91.8 Å². The van der Waals surface area contributed by atoms with Crippen LogP contribution in [0.4, 0.5) is 5.69 Å². The fraction of sp³-hybridized carbons (Fsp3) is 0.579. The number of guanidine groups is 1. The molecule has 3 rings (SSSR count). The maximum atomic E-state index is 12.7. The predicted molar refractivity (Wildman–Crippen MR) is 108 cm³/mol. The van der Waals surface area contributed by atoms with E-state index >= 15 is 0 Å². The lowest BCUT2D eigenvalue weighted by molar-refractivity contribution is -0.120. The fourth-order valence-electron chi connectivity index (χ4n) is 3.61. The Labute approximate surface area is 165 Å². The van der Waals surface area contributed by atoms with Gasteiger partial charge in [0.05, 0.1) is 17.6 Å². The van der Waals surface area contributed by atoms with Gasteiger partial charge in [0.2, 0.25) is 5.91 Å². The van der Waals surface area contributed by atoms with Gasteiger partial charge in [0, 0.05) is 50.9 Å². The van der Waals surface area contributed by atoms with E-state index in [0.29, 0.717) is 26.2 Å². The lowest BCUT2D eigenvalue weighted by atomic mass is 10.00. The second kappa shape index (κ2) is 8.45. The summed E-state index contributed by atoms with van der Waals surface area (Å²) in [7, 11) is 1.85. The molecule has 1 N–H and O–H groups in total. The molecule has 9 heteroatoms. The number of aliphatic imine (C=N–C) groups is 1. The number of carbonyl (C=O) groups is 1. The van der Waals surface area contributed by atoms with E-state index in [1.165, 1.54) is 0 Å². The first-order chi connectivity index (χ1) is 13.4. The Morgan fingerprint density at radius 2 is 2.18 bits per heavy atom. The number of rotatable bonds is 5. The van der Waals surface area contributed by atoms with Gasteiger partial charge in [-0.15, -0.1) is 0 Å². The Hall–Kier alpha value is -2.84. The van der Waals surface area contributed by atoms with Crippen LogP contribution in [0.2, 0.25) is 0 Å². The molecule has 0 spiro atoms. The highest BCUT2D eigenvalue weighted by atomic mass is 16.5. The molecule has 1 unspecified atom stereocenters. The van der Waals surface area contributed by atoms with Crippen LogP contribution in [0, 0.1) is 13.8 Å². The van der Waals surface area contributed by atoms with E-state index in [9.17, 15) is 4.79 Å². The number of nitrogens with zero attached hydrogens (tertiary/aromatic N) is 6. The van der Waals surface area contributed by atoms with Gasteiger partial charge in [0.1, 0.15) is 12.3 Å². The summed E-state index contributed by atoms with van der Waals surface area (Å²) in [6.07, 6.45) is 3.58. The van der Waals surface area contributed by atoms with Gasteiger partial charge >= 0.3 is 0 Å². The number of nitrogens with one attached hydrogen (secondary N) is 1. The van der Waals surface area contributed by atoms with Crippen molar-refractivity contribution in [2.24, 2.45) is 12.0 Å². The van der Waals surface area contributed by atoms with Crippen LogP contribution >= 0.6 is 0 Å². The molecule has 1 atom stereocenters. The molecule has 1 amide bonds. The van der Waals surface area contributed by atoms with Crippen molar-refractivity contribution in [2.75, 3.05) is 37.6 Å². The molecule has 1 aliphatic rings. The second-order valence-electron chi connectivity index (χ2n) is 7.17. The maximum Gasteiger partial charge on any atom is 0.246 e. The van der Waals surface area contributed by atoms with Gasteiger partial charge in [-0.25, -0.2) is 0 Å². The molecule has 1 aliphatic heterocycles. The number of aryl methyl sites for hydroxylation is 3. The third-order valence-electron chi connectivity index (χ3n) is 4.95. The number of hydrogen-bond acceptors (Lipinski definition) is 5. The lowest BCUT2D eigenvalue weighted by Crippen LogP contribution is -2.55. The Morgan fingerprint density at radius 1 is 1.39 bits per heavy atom. The van der Waals surface area contributed by atoms with E-state index < -0.39 is 0 Å². The molecular formula is C19H29N7O2. The van der Waals surface area contributed by atoms with Gasteiger partial charge in [-0.3, -0.25) is 14.5 Å². The van der Waals surface area contributed by atoms with Crippen molar-refractivity contribution in [1.82, 2.24) is 25.2 Å². The summed E-state index contributed by atoms with van der Waals surface area (Å²) in [4.78, 5) is 21.3. The first-order valence-corrected chi connectivity index (χ1v) is 9.65. The smallest absolute Gasteiger partial charge is 0.246 e. The Bertz CT molecular complexity index is 835. The number of piperazine rings is 1. The van der Waals surface area contributed by atoms with Crippen LogP contribution in [0.25, 0.3) is 0 Å². The van der Waals surface area contributed by atoms with Crippen molar-refractivity contribution in [1.29, 1.82) is 0 Å². The largest absolute Gasteiger partial charge is 0.361 e. The molecule has 0 radical (unpaired) electrons. The first kappa shape index (κ1) is 19.9. The molecular weight excluding hydrogens is 358 g/mol.